The van der Waals surface area contributed by atoms with Crippen molar-refractivity contribution in [3.63, 3.8) is 0 Å². The average molecular weight is 215 g/mol. The number of carbonyl (C=O) groups excluding carboxylic acids is 2. The predicted octanol–water partition coefficient (Wildman–Crippen LogP) is 1.59. The van der Waals surface area contributed by atoms with Crippen molar-refractivity contribution in [3.8, 4) is 0 Å². The highest BCUT2D eigenvalue weighted by molar-refractivity contribution is 5.81. The van der Waals surface area contributed by atoms with E-state index in [0.29, 0.717) is 13.0 Å². The van der Waals surface area contributed by atoms with Crippen LogP contribution in [0.2, 0.25) is 0 Å². The minimum Gasteiger partial charge on any atom is -0.468 e. The summed E-state index contributed by atoms with van der Waals surface area (Å²) in [5, 5.41) is 0. The first-order valence-corrected chi connectivity index (χ1v) is 5.50. The van der Waals surface area contributed by atoms with E-state index in [-0.39, 0.29) is 18.4 Å². The summed E-state index contributed by atoms with van der Waals surface area (Å²) in [5.41, 5.74) is 0. The molecule has 0 fully saturated rings. The maximum Gasteiger partial charge on any atom is 0.325 e. The molecule has 0 aliphatic heterocycles. The van der Waals surface area contributed by atoms with E-state index >= 15 is 0 Å². The van der Waals surface area contributed by atoms with E-state index in [0.717, 1.165) is 19.3 Å². The lowest BCUT2D eigenvalue weighted by atomic mass is 10.2. The molecule has 0 saturated carbocycles. The summed E-state index contributed by atoms with van der Waals surface area (Å²) in [7, 11) is 1.34. The Hall–Kier alpha value is -1.06. The zero-order valence-corrected chi connectivity index (χ0v) is 9.91. The van der Waals surface area contributed by atoms with Gasteiger partial charge in [0.2, 0.25) is 5.91 Å². The highest BCUT2D eigenvalue weighted by atomic mass is 16.5. The molecule has 0 heterocycles. The molecular weight excluding hydrogens is 194 g/mol. The number of carbonyl (C=O) groups is 2. The molecule has 4 heteroatoms. The summed E-state index contributed by atoms with van der Waals surface area (Å²) in [6, 6.07) is 0. The van der Waals surface area contributed by atoms with Gasteiger partial charge < -0.3 is 9.64 Å². The standard InChI is InChI=1S/C11H21NO3/c1-4-6-7-10(13)12(8-5-2)9-11(14)15-3/h4-9H2,1-3H3. The molecule has 1 amide bonds. The van der Waals surface area contributed by atoms with Crippen LogP contribution in [0.5, 0.6) is 0 Å². The number of rotatable bonds is 7. The van der Waals surface area contributed by atoms with Crippen molar-refractivity contribution >= 4 is 11.9 Å². The maximum atomic E-state index is 11.7. The summed E-state index contributed by atoms with van der Waals surface area (Å²) in [6.45, 7) is 4.72. The summed E-state index contributed by atoms with van der Waals surface area (Å²) in [4.78, 5) is 24.3. The van der Waals surface area contributed by atoms with Gasteiger partial charge in [0.1, 0.15) is 6.54 Å². The van der Waals surface area contributed by atoms with Gasteiger partial charge in [-0.1, -0.05) is 20.3 Å². The quantitative estimate of drug-likeness (QED) is 0.606. The van der Waals surface area contributed by atoms with Crippen LogP contribution in [-0.2, 0) is 14.3 Å². The Morgan fingerprint density at radius 2 is 1.87 bits per heavy atom. The van der Waals surface area contributed by atoms with Gasteiger partial charge in [0.25, 0.3) is 0 Å². The summed E-state index contributed by atoms with van der Waals surface area (Å²) in [6.07, 6.45) is 3.24. The Morgan fingerprint density at radius 3 is 2.33 bits per heavy atom. The number of unbranched alkanes of at least 4 members (excludes halogenated alkanes) is 1. The molecule has 0 aliphatic carbocycles. The van der Waals surface area contributed by atoms with E-state index in [2.05, 4.69) is 4.74 Å². The van der Waals surface area contributed by atoms with Crippen LogP contribution in [0.15, 0.2) is 0 Å². The fourth-order valence-corrected chi connectivity index (χ4v) is 1.27. The highest BCUT2D eigenvalue weighted by Gasteiger charge is 2.15. The molecule has 15 heavy (non-hydrogen) atoms. The van der Waals surface area contributed by atoms with Crippen molar-refractivity contribution in [1.82, 2.24) is 4.90 Å². The van der Waals surface area contributed by atoms with Gasteiger partial charge in [-0.15, -0.1) is 0 Å². The number of esters is 1. The van der Waals surface area contributed by atoms with E-state index < -0.39 is 0 Å². The zero-order chi connectivity index (χ0) is 11.7. The molecule has 88 valence electrons. The molecule has 0 spiro atoms. The van der Waals surface area contributed by atoms with Gasteiger partial charge in [0.15, 0.2) is 0 Å². The molecule has 4 nitrogen and oxygen atoms in total. The maximum absolute atomic E-state index is 11.7. The first-order valence-electron chi connectivity index (χ1n) is 5.50. The molecule has 0 aromatic carbocycles. The van der Waals surface area contributed by atoms with Crippen LogP contribution in [0.4, 0.5) is 0 Å². The van der Waals surface area contributed by atoms with Crippen molar-refractivity contribution in [2.45, 2.75) is 39.5 Å². The van der Waals surface area contributed by atoms with Gasteiger partial charge in [-0.3, -0.25) is 9.59 Å². The number of amides is 1. The van der Waals surface area contributed by atoms with Crippen molar-refractivity contribution in [3.05, 3.63) is 0 Å². The van der Waals surface area contributed by atoms with Crippen LogP contribution in [0.1, 0.15) is 39.5 Å². The summed E-state index contributed by atoms with van der Waals surface area (Å²) < 4.78 is 4.55. The number of hydrogen-bond acceptors (Lipinski definition) is 3. The Bertz CT molecular complexity index is 204. The molecule has 0 aliphatic rings. The number of ether oxygens (including phenoxy) is 1. The minimum atomic E-state index is -0.353. The number of nitrogens with zero attached hydrogens (tertiary/aromatic N) is 1. The van der Waals surface area contributed by atoms with Gasteiger partial charge in [0.05, 0.1) is 7.11 Å². The molecule has 0 bridgehead atoms. The molecule has 0 rings (SSSR count). The first-order chi connectivity index (χ1) is 7.15. The molecule has 0 saturated heterocycles. The van der Waals surface area contributed by atoms with E-state index in [9.17, 15) is 9.59 Å². The van der Waals surface area contributed by atoms with E-state index in [1.54, 1.807) is 4.90 Å². The summed E-state index contributed by atoms with van der Waals surface area (Å²) >= 11 is 0. The topological polar surface area (TPSA) is 46.6 Å². The van der Waals surface area contributed by atoms with Crippen LogP contribution in [0.25, 0.3) is 0 Å². The highest BCUT2D eigenvalue weighted by Crippen LogP contribution is 2.02. The molecule has 0 radical (unpaired) electrons. The molecule has 0 aromatic rings. The molecular formula is C11H21NO3. The molecule has 0 atom stereocenters. The number of hydrogen-bond donors (Lipinski definition) is 0. The van der Waals surface area contributed by atoms with Gasteiger partial charge >= 0.3 is 5.97 Å². The third kappa shape index (κ3) is 6.10. The van der Waals surface area contributed by atoms with Crippen LogP contribution >= 0.6 is 0 Å². The Morgan fingerprint density at radius 1 is 1.20 bits per heavy atom. The Kier molecular flexibility index (Phi) is 7.68. The van der Waals surface area contributed by atoms with Crippen LogP contribution in [0, 0.1) is 0 Å². The molecule has 0 N–H and O–H groups in total. The normalized spacial score (nSPS) is 9.80. The van der Waals surface area contributed by atoms with E-state index in [1.807, 2.05) is 13.8 Å². The van der Waals surface area contributed by atoms with Crippen molar-refractivity contribution in [1.29, 1.82) is 0 Å². The van der Waals surface area contributed by atoms with E-state index in [1.165, 1.54) is 7.11 Å². The Labute approximate surface area is 91.6 Å². The molecule has 0 aromatic heterocycles. The van der Waals surface area contributed by atoms with Gasteiger partial charge in [-0.25, -0.2) is 0 Å². The lowest BCUT2D eigenvalue weighted by molar-refractivity contribution is -0.147. The SMILES string of the molecule is CCCCC(=O)N(CCC)CC(=O)OC. The van der Waals surface area contributed by atoms with Gasteiger partial charge in [0, 0.05) is 13.0 Å². The van der Waals surface area contributed by atoms with Crippen molar-refractivity contribution < 1.29 is 14.3 Å². The molecule has 0 unspecified atom stereocenters. The van der Waals surface area contributed by atoms with Crippen LogP contribution in [0.3, 0.4) is 0 Å². The minimum absolute atomic E-state index is 0.0455. The second-order valence-corrected chi connectivity index (χ2v) is 3.49. The van der Waals surface area contributed by atoms with Crippen molar-refractivity contribution in [2.24, 2.45) is 0 Å². The third-order valence-electron chi connectivity index (χ3n) is 2.14. The van der Waals surface area contributed by atoms with Crippen molar-refractivity contribution in [2.75, 3.05) is 20.2 Å². The second-order valence-electron chi connectivity index (χ2n) is 3.49. The van der Waals surface area contributed by atoms with Crippen LogP contribution in [-0.4, -0.2) is 37.0 Å². The second kappa shape index (κ2) is 8.26. The van der Waals surface area contributed by atoms with Gasteiger partial charge in [-0.05, 0) is 12.8 Å². The predicted molar refractivity (Wildman–Crippen MR) is 58.4 cm³/mol. The van der Waals surface area contributed by atoms with E-state index in [4.69, 9.17) is 0 Å². The average Bonchev–Trinajstić information content (AvgIpc) is 2.24. The summed E-state index contributed by atoms with van der Waals surface area (Å²) in [5.74, 6) is -0.308. The Balaban J connectivity index is 4.11. The number of methoxy groups -OCH3 is 1. The third-order valence-corrected chi connectivity index (χ3v) is 2.14. The first kappa shape index (κ1) is 13.9. The smallest absolute Gasteiger partial charge is 0.325 e. The zero-order valence-electron chi connectivity index (χ0n) is 9.91. The lowest BCUT2D eigenvalue weighted by Gasteiger charge is -2.20. The fourth-order valence-electron chi connectivity index (χ4n) is 1.27. The monoisotopic (exact) mass is 215 g/mol. The van der Waals surface area contributed by atoms with Crippen LogP contribution < -0.4 is 0 Å². The fraction of sp³-hybridized carbons (Fsp3) is 0.818. The largest absolute Gasteiger partial charge is 0.468 e. The van der Waals surface area contributed by atoms with Gasteiger partial charge in [-0.2, -0.15) is 0 Å². The lowest BCUT2D eigenvalue weighted by Crippen LogP contribution is -2.36.